The number of nitrogen functional groups attached to an aromatic ring is 1. The first-order chi connectivity index (χ1) is 6.56. The summed E-state index contributed by atoms with van der Waals surface area (Å²) in [6.07, 6.45) is 0.484. The summed E-state index contributed by atoms with van der Waals surface area (Å²) in [5, 5.41) is 9.31. The van der Waals surface area contributed by atoms with Crippen LogP contribution in [0.3, 0.4) is 0 Å². The molecule has 1 aromatic rings. The zero-order chi connectivity index (χ0) is 10.7. The van der Waals surface area contributed by atoms with E-state index in [2.05, 4.69) is 15.9 Å². The molecule has 1 aromatic carbocycles. The lowest BCUT2D eigenvalue weighted by molar-refractivity contribution is 0.276. The number of nitrogens with two attached hydrogens (primary N) is 2. The van der Waals surface area contributed by atoms with Crippen molar-refractivity contribution in [1.82, 2.24) is 0 Å². The molecule has 0 spiro atoms. The fourth-order valence-corrected chi connectivity index (χ4v) is 1.73. The molecule has 0 saturated carbocycles. The highest BCUT2D eigenvalue weighted by atomic mass is 79.9. The molecule has 0 radical (unpaired) electrons. The largest absolute Gasteiger partial charge is 0.398 e. The van der Waals surface area contributed by atoms with E-state index in [0.717, 1.165) is 10.0 Å². The van der Waals surface area contributed by atoms with Crippen LogP contribution in [0.1, 0.15) is 18.0 Å². The quantitative estimate of drug-likeness (QED) is 0.742. The van der Waals surface area contributed by atoms with E-state index in [0.29, 0.717) is 17.1 Å². The number of anilines is 1. The van der Waals surface area contributed by atoms with Gasteiger partial charge in [0.1, 0.15) is 0 Å². The topological polar surface area (TPSA) is 72.3 Å². The van der Waals surface area contributed by atoms with Gasteiger partial charge >= 0.3 is 0 Å². The van der Waals surface area contributed by atoms with Crippen molar-refractivity contribution < 1.29 is 5.11 Å². The molecular weight excluding hydrogens is 267 g/mol. The molecule has 0 fully saturated rings. The normalized spacial score (nSPS) is 12.9. The van der Waals surface area contributed by atoms with Gasteiger partial charge in [-0.15, -0.1) is 0 Å². The first kappa shape index (κ1) is 11.8. The van der Waals surface area contributed by atoms with E-state index in [1.54, 1.807) is 12.1 Å². The molecule has 0 bridgehead atoms. The summed E-state index contributed by atoms with van der Waals surface area (Å²) in [7, 11) is 0. The summed E-state index contributed by atoms with van der Waals surface area (Å²) in [6, 6.07) is 3.18. The van der Waals surface area contributed by atoms with E-state index in [1.165, 1.54) is 0 Å². The van der Waals surface area contributed by atoms with Crippen LogP contribution in [0.2, 0.25) is 5.02 Å². The fraction of sp³-hybridized carbons (Fsp3) is 0.333. The lowest BCUT2D eigenvalue weighted by Gasteiger charge is -2.14. The van der Waals surface area contributed by atoms with Crippen LogP contribution in [0.5, 0.6) is 0 Å². The summed E-state index contributed by atoms with van der Waals surface area (Å²) in [5.74, 6) is 0. The molecule has 0 aromatic heterocycles. The Morgan fingerprint density at radius 1 is 1.50 bits per heavy atom. The van der Waals surface area contributed by atoms with Gasteiger partial charge in [0.15, 0.2) is 0 Å². The van der Waals surface area contributed by atoms with Crippen molar-refractivity contribution in [3.05, 3.63) is 27.2 Å². The number of aliphatic hydroxyl groups is 1. The average molecular weight is 280 g/mol. The van der Waals surface area contributed by atoms with Crippen LogP contribution in [0.15, 0.2) is 16.6 Å². The number of rotatable bonds is 3. The van der Waals surface area contributed by atoms with Crippen molar-refractivity contribution in [2.45, 2.75) is 12.5 Å². The molecule has 1 atom stereocenters. The molecule has 0 heterocycles. The highest BCUT2D eigenvalue weighted by Gasteiger charge is 2.11. The Morgan fingerprint density at radius 3 is 2.71 bits per heavy atom. The molecule has 1 rings (SSSR count). The van der Waals surface area contributed by atoms with Crippen molar-refractivity contribution in [2.75, 3.05) is 12.3 Å². The van der Waals surface area contributed by atoms with Gasteiger partial charge in [-0.25, -0.2) is 0 Å². The Morgan fingerprint density at radius 2 is 2.14 bits per heavy atom. The zero-order valence-electron chi connectivity index (χ0n) is 7.50. The first-order valence-electron chi connectivity index (χ1n) is 4.17. The Balaban J connectivity index is 3.02. The summed E-state index contributed by atoms with van der Waals surface area (Å²) < 4.78 is 0.761. The third kappa shape index (κ3) is 2.60. The fourth-order valence-electron chi connectivity index (χ4n) is 1.19. The summed E-state index contributed by atoms with van der Waals surface area (Å²) >= 11 is 9.14. The summed E-state index contributed by atoms with van der Waals surface area (Å²) in [4.78, 5) is 0. The van der Waals surface area contributed by atoms with Gasteiger partial charge in [0.05, 0.1) is 5.02 Å². The highest BCUT2D eigenvalue weighted by Crippen LogP contribution is 2.31. The van der Waals surface area contributed by atoms with Gasteiger partial charge in [-0.1, -0.05) is 11.6 Å². The van der Waals surface area contributed by atoms with Crippen LogP contribution in [0.25, 0.3) is 0 Å². The van der Waals surface area contributed by atoms with Crippen LogP contribution < -0.4 is 11.5 Å². The van der Waals surface area contributed by atoms with Gasteiger partial charge in [-0.3, -0.25) is 0 Å². The second kappa shape index (κ2) is 4.98. The molecule has 78 valence electrons. The average Bonchev–Trinajstić information content (AvgIpc) is 2.11. The second-order valence-corrected chi connectivity index (χ2v) is 4.28. The molecule has 3 nitrogen and oxygen atoms in total. The molecule has 5 N–H and O–H groups in total. The highest BCUT2D eigenvalue weighted by molar-refractivity contribution is 9.10. The lowest BCUT2D eigenvalue weighted by atomic mass is 10.0. The van der Waals surface area contributed by atoms with Crippen molar-refractivity contribution in [3.8, 4) is 0 Å². The van der Waals surface area contributed by atoms with E-state index in [9.17, 15) is 0 Å². The molecule has 0 unspecified atom stereocenters. The van der Waals surface area contributed by atoms with E-state index >= 15 is 0 Å². The van der Waals surface area contributed by atoms with Crippen LogP contribution in [0, 0.1) is 0 Å². The van der Waals surface area contributed by atoms with E-state index in [1.807, 2.05) is 0 Å². The van der Waals surface area contributed by atoms with Crippen LogP contribution in [-0.4, -0.2) is 11.7 Å². The second-order valence-electron chi connectivity index (χ2n) is 3.01. The maximum Gasteiger partial charge on any atom is 0.0568 e. The number of hydrogen-bond acceptors (Lipinski definition) is 3. The van der Waals surface area contributed by atoms with E-state index < -0.39 is 0 Å². The smallest absolute Gasteiger partial charge is 0.0568 e. The molecule has 14 heavy (non-hydrogen) atoms. The minimum Gasteiger partial charge on any atom is -0.398 e. The molecule has 0 aliphatic heterocycles. The SMILES string of the molecule is Nc1cc(Cl)c(Br)cc1[C@H](N)CCO. The van der Waals surface area contributed by atoms with E-state index in [4.69, 9.17) is 28.2 Å². The van der Waals surface area contributed by atoms with Gasteiger partial charge < -0.3 is 16.6 Å². The standard InChI is InChI=1S/C9H12BrClN2O/c10-6-3-5(8(12)1-2-14)9(13)4-7(6)11/h3-4,8,14H,1-2,12-13H2/t8-/m1/s1. The van der Waals surface area contributed by atoms with Crippen LogP contribution in [0.4, 0.5) is 5.69 Å². The maximum absolute atomic E-state index is 8.75. The zero-order valence-corrected chi connectivity index (χ0v) is 9.85. The molecule has 0 saturated heterocycles. The van der Waals surface area contributed by atoms with Crippen molar-refractivity contribution in [3.63, 3.8) is 0 Å². The minimum absolute atomic E-state index is 0.0425. The number of benzene rings is 1. The van der Waals surface area contributed by atoms with Gasteiger partial charge in [-0.05, 0) is 40.0 Å². The molecule has 0 amide bonds. The van der Waals surface area contributed by atoms with Gasteiger partial charge in [0.2, 0.25) is 0 Å². The molecular formula is C9H12BrClN2O. The predicted octanol–water partition coefficient (Wildman–Crippen LogP) is 2.07. The molecule has 0 aliphatic rings. The number of aliphatic hydroxyl groups excluding tert-OH is 1. The molecule has 5 heteroatoms. The lowest BCUT2D eigenvalue weighted by Crippen LogP contribution is -2.14. The third-order valence-electron chi connectivity index (χ3n) is 1.97. The van der Waals surface area contributed by atoms with Gasteiger partial charge in [-0.2, -0.15) is 0 Å². The van der Waals surface area contributed by atoms with Crippen LogP contribution in [-0.2, 0) is 0 Å². The Bertz CT molecular complexity index is 333. The van der Waals surface area contributed by atoms with Crippen molar-refractivity contribution in [2.24, 2.45) is 5.73 Å². The third-order valence-corrected chi connectivity index (χ3v) is 3.16. The van der Waals surface area contributed by atoms with Gasteiger partial charge in [0.25, 0.3) is 0 Å². The van der Waals surface area contributed by atoms with Crippen molar-refractivity contribution >= 4 is 33.2 Å². The Hall–Kier alpha value is -0.290. The number of hydrogen-bond donors (Lipinski definition) is 3. The monoisotopic (exact) mass is 278 g/mol. The van der Waals surface area contributed by atoms with Crippen molar-refractivity contribution in [1.29, 1.82) is 0 Å². The Labute approximate surface area is 96.2 Å². The summed E-state index contributed by atoms with van der Waals surface area (Å²) in [6.45, 7) is 0.0425. The summed E-state index contributed by atoms with van der Waals surface area (Å²) in [5.41, 5.74) is 12.9. The van der Waals surface area contributed by atoms with Crippen LogP contribution >= 0.6 is 27.5 Å². The Kier molecular flexibility index (Phi) is 4.19. The van der Waals surface area contributed by atoms with Gasteiger partial charge in [0, 0.05) is 22.8 Å². The molecule has 0 aliphatic carbocycles. The maximum atomic E-state index is 8.75. The predicted molar refractivity (Wildman–Crippen MR) is 62.2 cm³/mol. The van der Waals surface area contributed by atoms with E-state index in [-0.39, 0.29) is 12.6 Å². The first-order valence-corrected chi connectivity index (χ1v) is 5.34. The number of halogens is 2. The minimum atomic E-state index is -0.256.